The van der Waals surface area contributed by atoms with Crippen molar-refractivity contribution in [3.05, 3.63) is 35.9 Å². The number of carboxylic acids is 1. The zero-order chi connectivity index (χ0) is 21.5. The van der Waals surface area contributed by atoms with Gasteiger partial charge in [-0.3, -0.25) is 4.79 Å². The van der Waals surface area contributed by atoms with E-state index in [0.29, 0.717) is 12.8 Å². The zero-order valence-corrected chi connectivity index (χ0v) is 17.4. The van der Waals surface area contributed by atoms with Gasteiger partial charge >= 0.3 is 18.0 Å². The van der Waals surface area contributed by atoms with E-state index >= 15 is 0 Å². The maximum absolute atomic E-state index is 12.4. The van der Waals surface area contributed by atoms with Crippen LogP contribution in [-0.2, 0) is 25.7 Å². The Morgan fingerprint density at radius 2 is 1.72 bits per heavy atom. The third-order valence-corrected chi connectivity index (χ3v) is 5.12. The summed E-state index contributed by atoms with van der Waals surface area (Å²) in [6.45, 7) is 5.27. The summed E-state index contributed by atoms with van der Waals surface area (Å²) >= 11 is 0. The fourth-order valence-corrected chi connectivity index (χ4v) is 3.72. The quantitative estimate of drug-likeness (QED) is 0.633. The van der Waals surface area contributed by atoms with Crippen LogP contribution in [0.1, 0.15) is 64.9 Å². The van der Waals surface area contributed by atoms with Gasteiger partial charge in [-0.05, 0) is 51.5 Å². The molecule has 1 aliphatic carbocycles. The maximum atomic E-state index is 12.4. The van der Waals surface area contributed by atoms with Crippen LogP contribution in [0, 0.1) is 5.92 Å². The topological polar surface area (TPSA) is 102 Å². The molecular formula is C22H31NO6. The molecule has 1 aromatic carbocycles. The van der Waals surface area contributed by atoms with Crippen molar-refractivity contribution in [2.45, 2.75) is 77.0 Å². The predicted octanol–water partition coefficient (Wildman–Crippen LogP) is 4.05. The minimum Gasteiger partial charge on any atom is -0.479 e. The highest BCUT2D eigenvalue weighted by atomic mass is 16.6. The van der Waals surface area contributed by atoms with E-state index in [9.17, 15) is 19.5 Å². The number of rotatable bonds is 8. The van der Waals surface area contributed by atoms with Gasteiger partial charge in [-0.1, -0.05) is 43.2 Å². The van der Waals surface area contributed by atoms with Crippen molar-refractivity contribution in [3.8, 4) is 0 Å². The van der Waals surface area contributed by atoms with E-state index in [1.165, 1.54) is 0 Å². The molecule has 1 aromatic rings. The van der Waals surface area contributed by atoms with Gasteiger partial charge < -0.3 is 19.9 Å². The van der Waals surface area contributed by atoms with Crippen LogP contribution in [0.25, 0.3) is 0 Å². The molecule has 0 bridgehead atoms. The molecule has 1 aliphatic rings. The van der Waals surface area contributed by atoms with E-state index in [4.69, 9.17) is 9.47 Å². The summed E-state index contributed by atoms with van der Waals surface area (Å²) in [4.78, 5) is 36.9. The number of hydrogen-bond donors (Lipinski definition) is 2. The van der Waals surface area contributed by atoms with Crippen molar-refractivity contribution < 1.29 is 29.0 Å². The Bertz CT molecular complexity index is 706. The summed E-state index contributed by atoms with van der Waals surface area (Å²) < 4.78 is 10.6. The summed E-state index contributed by atoms with van der Waals surface area (Å²) in [6.07, 6.45) is 2.22. The molecule has 1 atom stereocenters. The average molecular weight is 405 g/mol. The Balaban J connectivity index is 2.06. The van der Waals surface area contributed by atoms with Crippen LogP contribution < -0.4 is 5.32 Å². The van der Waals surface area contributed by atoms with Crippen molar-refractivity contribution in [1.82, 2.24) is 5.32 Å². The van der Waals surface area contributed by atoms with Crippen molar-refractivity contribution in [3.63, 3.8) is 0 Å². The Morgan fingerprint density at radius 3 is 2.28 bits per heavy atom. The number of carbonyl (C=O) groups is 3. The maximum Gasteiger partial charge on any atom is 0.408 e. The molecular weight excluding hydrogens is 374 g/mol. The van der Waals surface area contributed by atoms with E-state index < -0.39 is 29.2 Å². The van der Waals surface area contributed by atoms with Crippen molar-refractivity contribution >= 4 is 18.0 Å². The molecule has 2 N–H and O–H groups in total. The first-order valence-corrected chi connectivity index (χ1v) is 10.1. The van der Waals surface area contributed by atoms with E-state index in [-0.39, 0.29) is 25.4 Å². The Hall–Kier alpha value is -2.57. The molecule has 1 amide bonds. The second-order valence-electron chi connectivity index (χ2n) is 8.53. The van der Waals surface area contributed by atoms with Gasteiger partial charge in [-0.2, -0.15) is 0 Å². The summed E-state index contributed by atoms with van der Waals surface area (Å²) in [7, 11) is 0. The van der Waals surface area contributed by atoms with Crippen LogP contribution in [0.5, 0.6) is 0 Å². The first-order valence-electron chi connectivity index (χ1n) is 10.1. The second kappa shape index (κ2) is 9.76. The summed E-state index contributed by atoms with van der Waals surface area (Å²) in [5.41, 5.74) is -1.45. The molecule has 1 fully saturated rings. The van der Waals surface area contributed by atoms with Crippen LogP contribution in [0.4, 0.5) is 4.79 Å². The lowest BCUT2D eigenvalue weighted by Gasteiger charge is -2.36. The highest BCUT2D eigenvalue weighted by molar-refractivity contribution is 5.85. The molecule has 7 nitrogen and oxygen atoms in total. The third kappa shape index (κ3) is 6.76. The van der Waals surface area contributed by atoms with E-state index in [0.717, 1.165) is 18.4 Å². The first kappa shape index (κ1) is 22.7. The van der Waals surface area contributed by atoms with Gasteiger partial charge in [0.25, 0.3) is 0 Å². The molecule has 0 saturated heterocycles. The number of benzene rings is 1. The van der Waals surface area contributed by atoms with Crippen molar-refractivity contribution in [2.24, 2.45) is 5.92 Å². The average Bonchev–Trinajstić information content (AvgIpc) is 3.17. The highest BCUT2D eigenvalue weighted by Gasteiger charge is 2.48. The normalized spacial score (nSPS) is 16.7. The Labute approximate surface area is 171 Å². The minimum atomic E-state index is -1.55. The molecule has 0 aromatic heterocycles. The van der Waals surface area contributed by atoms with Gasteiger partial charge in [0.2, 0.25) is 0 Å². The van der Waals surface area contributed by atoms with Gasteiger partial charge in [0.1, 0.15) is 17.7 Å². The van der Waals surface area contributed by atoms with Gasteiger partial charge in [-0.25, -0.2) is 9.59 Å². The van der Waals surface area contributed by atoms with E-state index in [1.807, 2.05) is 30.3 Å². The standard InChI is InChI=1S/C22H31NO6/c1-21(2,3)29-20(27)23-22(19(25)26,17-11-7-8-12-17)14-13-18(24)28-15-16-9-5-4-6-10-16/h4-6,9-10,17H,7-8,11-15H2,1-3H3,(H,23,27)(H,25,26)/t22-/m0/s1. The van der Waals surface area contributed by atoms with Gasteiger partial charge in [0, 0.05) is 6.42 Å². The summed E-state index contributed by atoms with van der Waals surface area (Å²) in [5, 5.41) is 12.6. The number of hydrogen-bond acceptors (Lipinski definition) is 5. The van der Waals surface area contributed by atoms with Gasteiger partial charge in [-0.15, -0.1) is 0 Å². The van der Waals surface area contributed by atoms with Crippen LogP contribution in [0.3, 0.4) is 0 Å². The van der Waals surface area contributed by atoms with Gasteiger partial charge in [0.05, 0.1) is 0 Å². The SMILES string of the molecule is CC(C)(C)OC(=O)N[C@](CCC(=O)OCc1ccccc1)(C(=O)O)C1CCCC1. The lowest BCUT2D eigenvalue weighted by atomic mass is 9.79. The molecule has 160 valence electrons. The minimum absolute atomic E-state index is 0.0418. The van der Waals surface area contributed by atoms with E-state index in [1.54, 1.807) is 20.8 Å². The number of nitrogens with one attached hydrogen (secondary N) is 1. The summed E-state index contributed by atoms with van der Waals surface area (Å²) in [5.74, 6) is -1.90. The van der Waals surface area contributed by atoms with Crippen molar-refractivity contribution in [1.29, 1.82) is 0 Å². The number of carboxylic acid groups (broad SMARTS) is 1. The Kier molecular flexibility index (Phi) is 7.65. The number of alkyl carbamates (subject to hydrolysis) is 1. The van der Waals surface area contributed by atoms with Crippen LogP contribution in [0.2, 0.25) is 0 Å². The number of ether oxygens (including phenoxy) is 2. The smallest absolute Gasteiger partial charge is 0.408 e. The number of amides is 1. The van der Waals surface area contributed by atoms with Crippen LogP contribution in [-0.4, -0.2) is 34.3 Å². The molecule has 0 aliphatic heterocycles. The molecule has 0 radical (unpaired) electrons. The molecule has 2 rings (SSSR count). The monoisotopic (exact) mass is 405 g/mol. The first-order chi connectivity index (χ1) is 13.6. The predicted molar refractivity (Wildman–Crippen MR) is 107 cm³/mol. The number of esters is 1. The lowest BCUT2D eigenvalue weighted by Crippen LogP contribution is -2.59. The third-order valence-electron chi connectivity index (χ3n) is 5.12. The van der Waals surface area contributed by atoms with Crippen molar-refractivity contribution in [2.75, 3.05) is 0 Å². The zero-order valence-electron chi connectivity index (χ0n) is 17.4. The lowest BCUT2D eigenvalue weighted by molar-refractivity contribution is -0.150. The molecule has 0 spiro atoms. The largest absolute Gasteiger partial charge is 0.479 e. The fraction of sp³-hybridized carbons (Fsp3) is 0.591. The second-order valence-corrected chi connectivity index (χ2v) is 8.53. The molecule has 0 heterocycles. The molecule has 1 saturated carbocycles. The molecule has 7 heteroatoms. The number of carbonyl (C=O) groups excluding carboxylic acids is 2. The highest BCUT2D eigenvalue weighted by Crippen LogP contribution is 2.37. The Morgan fingerprint density at radius 1 is 1.10 bits per heavy atom. The molecule has 29 heavy (non-hydrogen) atoms. The van der Waals surface area contributed by atoms with Gasteiger partial charge in [0.15, 0.2) is 0 Å². The fourth-order valence-electron chi connectivity index (χ4n) is 3.72. The molecule has 0 unspecified atom stereocenters. The van der Waals surface area contributed by atoms with Crippen LogP contribution in [0.15, 0.2) is 30.3 Å². The van der Waals surface area contributed by atoms with E-state index in [2.05, 4.69) is 5.32 Å². The summed E-state index contributed by atoms with van der Waals surface area (Å²) in [6, 6.07) is 9.26. The van der Waals surface area contributed by atoms with Crippen LogP contribution >= 0.6 is 0 Å². The number of aliphatic carboxylic acids is 1.